The van der Waals surface area contributed by atoms with Crippen molar-refractivity contribution in [1.29, 1.82) is 0 Å². The maximum Gasteiger partial charge on any atom is 0.424 e. The number of sulfonamides is 1. The van der Waals surface area contributed by atoms with E-state index in [4.69, 9.17) is 9.47 Å². The zero-order valence-electron chi connectivity index (χ0n) is 21.1. The maximum absolute atomic E-state index is 13.6. The molecule has 35 heavy (non-hydrogen) atoms. The number of aromatic nitrogens is 1. The van der Waals surface area contributed by atoms with E-state index in [2.05, 4.69) is 22.1 Å². The predicted octanol–water partition coefficient (Wildman–Crippen LogP) is 4.46. The smallest absolute Gasteiger partial charge is 0.424 e. The third-order valence-electron chi connectivity index (χ3n) is 5.81. The highest BCUT2D eigenvalue weighted by molar-refractivity contribution is 7.89. The lowest BCUT2D eigenvalue weighted by molar-refractivity contribution is 0.0719. The van der Waals surface area contributed by atoms with Crippen LogP contribution in [0, 0.1) is 5.92 Å². The van der Waals surface area contributed by atoms with E-state index in [1.807, 2.05) is 26.8 Å². The summed E-state index contributed by atoms with van der Waals surface area (Å²) in [5.74, 6) is 0.157. The van der Waals surface area contributed by atoms with Crippen LogP contribution >= 0.6 is 0 Å². The molecule has 0 radical (unpaired) electrons. The molecule has 2 atom stereocenters. The van der Waals surface area contributed by atoms with Crippen LogP contribution in [0.3, 0.4) is 0 Å². The molecule has 2 heterocycles. The Hall–Kier alpha value is -2.85. The van der Waals surface area contributed by atoms with Gasteiger partial charge in [-0.25, -0.2) is 13.2 Å². The first kappa shape index (κ1) is 26.7. The van der Waals surface area contributed by atoms with Crippen LogP contribution in [-0.2, 0) is 26.0 Å². The third kappa shape index (κ3) is 6.24. The number of carbonyl (C=O) groups is 1. The highest BCUT2D eigenvalue weighted by atomic mass is 32.2. The molecular weight excluding hydrogens is 468 g/mol. The Morgan fingerprint density at radius 1 is 1.17 bits per heavy atom. The van der Waals surface area contributed by atoms with Crippen molar-refractivity contribution in [2.45, 2.75) is 64.7 Å². The molecule has 2 aromatic rings. The number of nitrogens with one attached hydrogen (secondary N) is 1. The first-order valence-electron chi connectivity index (χ1n) is 12.0. The number of anilines is 2. The SMILES string of the molecule is CCOCC(CC(C)C)N(C(=O)OCC)S(=O)(=O)c1ccc(CN2c3ccncc3NC2C)cc1. The fourth-order valence-electron chi connectivity index (χ4n) is 4.22. The highest BCUT2D eigenvalue weighted by Crippen LogP contribution is 2.34. The molecule has 3 rings (SSSR count). The summed E-state index contributed by atoms with van der Waals surface area (Å²) in [6, 6.07) is 7.94. The van der Waals surface area contributed by atoms with E-state index in [9.17, 15) is 13.2 Å². The lowest BCUT2D eigenvalue weighted by Gasteiger charge is -2.31. The molecule has 0 fully saturated rings. The molecule has 2 unspecified atom stereocenters. The number of amides is 1. The quantitative estimate of drug-likeness (QED) is 0.479. The zero-order valence-corrected chi connectivity index (χ0v) is 21.9. The summed E-state index contributed by atoms with van der Waals surface area (Å²) in [7, 11) is -4.16. The van der Waals surface area contributed by atoms with Gasteiger partial charge >= 0.3 is 6.09 Å². The van der Waals surface area contributed by atoms with E-state index in [1.54, 1.807) is 43.6 Å². The second kappa shape index (κ2) is 11.7. The monoisotopic (exact) mass is 504 g/mol. The summed E-state index contributed by atoms with van der Waals surface area (Å²) in [5, 5.41) is 3.38. The van der Waals surface area contributed by atoms with E-state index in [0.717, 1.165) is 21.2 Å². The van der Waals surface area contributed by atoms with Crippen molar-refractivity contribution in [3.8, 4) is 0 Å². The van der Waals surface area contributed by atoms with Crippen LogP contribution < -0.4 is 10.2 Å². The van der Waals surface area contributed by atoms with Crippen LogP contribution in [0.2, 0.25) is 0 Å². The second-order valence-electron chi connectivity index (χ2n) is 8.93. The summed E-state index contributed by atoms with van der Waals surface area (Å²) in [4.78, 5) is 19.2. The maximum atomic E-state index is 13.6. The van der Waals surface area contributed by atoms with Gasteiger partial charge in [0.1, 0.15) is 0 Å². The van der Waals surface area contributed by atoms with Gasteiger partial charge in [0.15, 0.2) is 0 Å². The normalized spacial score (nSPS) is 16.1. The first-order chi connectivity index (χ1) is 16.7. The Kier molecular flexibility index (Phi) is 8.96. The van der Waals surface area contributed by atoms with Crippen LogP contribution in [0.1, 0.15) is 46.6 Å². The van der Waals surface area contributed by atoms with Crippen molar-refractivity contribution in [1.82, 2.24) is 9.29 Å². The molecule has 1 aliphatic heterocycles. The Morgan fingerprint density at radius 3 is 2.51 bits per heavy atom. The number of carbonyl (C=O) groups excluding carboxylic acids is 1. The van der Waals surface area contributed by atoms with Gasteiger partial charge in [0, 0.05) is 19.3 Å². The summed E-state index contributed by atoms with van der Waals surface area (Å²) in [5.41, 5.74) is 2.96. The Morgan fingerprint density at radius 2 is 1.89 bits per heavy atom. The van der Waals surface area contributed by atoms with E-state index in [1.165, 1.54) is 0 Å². The predicted molar refractivity (Wildman–Crippen MR) is 136 cm³/mol. The number of ether oxygens (including phenoxy) is 2. The largest absolute Gasteiger partial charge is 0.449 e. The van der Waals surface area contributed by atoms with Crippen molar-refractivity contribution >= 4 is 27.5 Å². The van der Waals surface area contributed by atoms with Crippen LogP contribution in [0.25, 0.3) is 0 Å². The minimum absolute atomic E-state index is 0.0387. The van der Waals surface area contributed by atoms with Gasteiger partial charge in [0.25, 0.3) is 10.0 Å². The van der Waals surface area contributed by atoms with Crippen LogP contribution in [0.4, 0.5) is 16.2 Å². The van der Waals surface area contributed by atoms with E-state index in [-0.39, 0.29) is 30.2 Å². The van der Waals surface area contributed by atoms with Gasteiger partial charge in [-0.3, -0.25) is 4.98 Å². The molecule has 0 spiro atoms. The summed E-state index contributed by atoms with van der Waals surface area (Å²) in [6.45, 7) is 10.7. The molecule has 0 aliphatic carbocycles. The van der Waals surface area contributed by atoms with E-state index < -0.39 is 22.2 Å². The highest BCUT2D eigenvalue weighted by Gasteiger charge is 2.37. The molecule has 1 aromatic carbocycles. The lowest BCUT2D eigenvalue weighted by atomic mass is 10.0. The molecule has 0 bridgehead atoms. The molecular formula is C25H36N4O5S. The van der Waals surface area contributed by atoms with Crippen molar-refractivity contribution in [2.24, 2.45) is 5.92 Å². The van der Waals surface area contributed by atoms with Crippen molar-refractivity contribution < 1.29 is 22.7 Å². The van der Waals surface area contributed by atoms with Gasteiger partial charge in [0.05, 0.1) is 47.9 Å². The molecule has 1 amide bonds. The van der Waals surface area contributed by atoms with Gasteiger partial charge in [-0.05, 0) is 56.9 Å². The van der Waals surface area contributed by atoms with E-state index in [0.29, 0.717) is 19.6 Å². The standard InChI is InChI=1S/C25H36N4O5S/c1-6-33-17-21(14-18(3)4)29(25(30)34-7-2)35(31,32)22-10-8-20(9-11-22)16-28-19(5)27-23-15-26-13-12-24(23)28/h8-13,15,18-19,21,27H,6-7,14,16-17H2,1-5H3. The van der Waals surface area contributed by atoms with E-state index >= 15 is 0 Å². The van der Waals surface area contributed by atoms with Crippen molar-refractivity contribution in [3.05, 3.63) is 48.3 Å². The molecule has 1 aliphatic rings. The fourth-order valence-corrected chi connectivity index (χ4v) is 5.72. The van der Waals surface area contributed by atoms with Gasteiger partial charge < -0.3 is 19.7 Å². The molecule has 0 saturated heterocycles. The zero-order chi connectivity index (χ0) is 25.6. The van der Waals surface area contributed by atoms with Gasteiger partial charge in [-0.15, -0.1) is 0 Å². The molecule has 9 nitrogen and oxygen atoms in total. The Balaban J connectivity index is 1.87. The Labute approximate surface area is 208 Å². The minimum Gasteiger partial charge on any atom is -0.449 e. The van der Waals surface area contributed by atoms with Crippen LogP contribution in [0.5, 0.6) is 0 Å². The topological polar surface area (TPSA) is 101 Å². The minimum atomic E-state index is -4.16. The van der Waals surface area contributed by atoms with Crippen molar-refractivity contribution in [2.75, 3.05) is 30.0 Å². The molecule has 0 saturated carbocycles. The molecule has 192 valence electrons. The second-order valence-corrected chi connectivity index (χ2v) is 10.7. The summed E-state index contributed by atoms with van der Waals surface area (Å²) < 4.78 is 38.8. The van der Waals surface area contributed by atoms with Crippen molar-refractivity contribution in [3.63, 3.8) is 0 Å². The Bertz CT molecular complexity index is 1090. The fraction of sp³-hybridized carbons (Fsp3) is 0.520. The number of nitrogens with zero attached hydrogens (tertiary/aromatic N) is 3. The molecule has 1 aromatic heterocycles. The summed E-state index contributed by atoms with van der Waals surface area (Å²) >= 11 is 0. The first-order valence-corrected chi connectivity index (χ1v) is 13.5. The average Bonchev–Trinajstić information content (AvgIpc) is 3.12. The van der Waals surface area contributed by atoms with Gasteiger partial charge in [-0.2, -0.15) is 4.31 Å². The number of hydrogen-bond donors (Lipinski definition) is 1. The molecule has 10 heteroatoms. The number of benzene rings is 1. The third-order valence-corrected chi connectivity index (χ3v) is 7.64. The lowest BCUT2D eigenvalue weighted by Crippen LogP contribution is -2.47. The van der Waals surface area contributed by atoms with Crippen LogP contribution in [0.15, 0.2) is 47.6 Å². The number of hydrogen-bond acceptors (Lipinski definition) is 8. The number of fused-ring (bicyclic) bond motifs is 1. The summed E-state index contributed by atoms with van der Waals surface area (Å²) in [6.07, 6.45) is 3.20. The van der Waals surface area contributed by atoms with Gasteiger partial charge in [0.2, 0.25) is 0 Å². The average molecular weight is 505 g/mol. The van der Waals surface area contributed by atoms with Crippen LogP contribution in [-0.4, -0.2) is 55.8 Å². The number of rotatable bonds is 11. The number of pyridine rings is 1. The van der Waals surface area contributed by atoms with Gasteiger partial charge in [-0.1, -0.05) is 26.0 Å². The molecule has 1 N–H and O–H groups in total.